The summed E-state index contributed by atoms with van der Waals surface area (Å²) in [5.74, 6) is 0.232. The normalized spacial score (nSPS) is 14.1. The van der Waals surface area contributed by atoms with Crippen LogP contribution in [0, 0.1) is 6.92 Å². The Labute approximate surface area is 200 Å². The number of hydroxylamine groups is 1. The Kier molecular flexibility index (Phi) is 7.12. The van der Waals surface area contributed by atoms with Gasteiger partial charge in [0.15, 0.2) is 7.05 Å². The minimum absolute atomic E-state index is 0.248. The molecule has 0 aromatic heterocycles. The second-order valence-electron chi connectivity index (χ2n) is 8.35. The number of hydrogen-bond acceptors (Lipinski definition) is 4. The maximum Gasteiger partial charge on any atom is 0.345 e. The molecule has 3 aromatic rings. The minimum Gasteiger partial charge on any atom is -0.494 e. The predicted molar refractivity (Wildman–Crippen MR) is 133 cm³/mol. The van der Waals surface area contributed by atoms with Crippen molar-refractivity contribution in [2.24, 2.45) is 0 Å². The highest BCUT2D eigenvalue weighted by molar-refractivity contribution is 6.35. The second kappa shape index (κ2) is 10.4. The van der Waals surface area contributed by atoms with Gasteiger partial charge < -0.3 is 9.47 Å². The lowest BCUT2D eigenvalue weighted by atomic mass is 9.96. The molecule has 4 rings (SSSR count). The minimum atomic E-state index is -0.462. The smallest absolute Gasteiger partial charge is 0.345 e. The topological polar surface area (TPSA) is 58.8 Å². The van der Waals surface area contributed by atoms with Gasteiger partial charge in [0.05, 0.1) is 18.8 Å². The van der Waals surface area contributed by atoms with Gasteiger partial charge in [0.2, 0.25) is 0 Å². The Morgan fingerprint density at radius 1 is 0.971 bits per heavy atom. The van der Waals surface area contributed by atoms with Crippen LogP contribution in [-0.4, -0.2) is 41.9 Å². The largest absolute Gasteiger partial charge is 0.494 e. The zero-order chi connectivity index (χ0) is 24.1. The van der Waals surface area contributed by atoms with E-state index in [0.29, 0.717) is 23.6 Å². The molecule has 174 valence electrons. The summed E-state index contributed by atoms with van der Waals surface area (Å²) >= 11 is 0. The lowest BCUT2D eigenvalue weighted by Crippen LogP contribution is -2.22. The van der Waals surface area contributed by atoms with Crippen molar-refractivity contribution in [3.63, 3.8) is 0 Å². The molecule has 5 nitrogen and oxygen atoms in total. The molecule has 0 heterocycles. The number of hydrogen-bond donors (Lipinski definition) is 1. The zero-order valence-electron chi connectivity index (χ0n) is 19.9. The fourth-order valence-corrected chi connectivity index (χ4v) is 4.28. The van der Waals surface area contributed by atoms with E-state index >= 15 is 0 Å². The summed E-state index contributed by atoms with van der Waals surface area (Å²) in [6, 6.07) is 24.1. The van der Waals surface area contributed by atoms with Crippen LogP contribution in [0.3, 0.4) is 0 Å². The van der Waals surface area contributed by atoms with Crippen molar-refractivity contribution in [3.8, 4) is 5.75 Å². The van der Waals surface area contributed by atoms with Gasteiger partial charge in [-0.2, -0.15) is 0 Å². The summed E-state index contributed by atoms with van der Waals surface area (Å²) < 4.78 is 12.4. The monoisotopic (exact) mass is 456 g/mol. The van der Waals surface area contributed by atoms with Crippen LogP contribution < -0.4 is 4.74 Å². The summed E-state index contributed by atoms with van der Waals surface area (Å²) in [6.45, 7) is 4.61. The third-order valence-electron chi connectivity index (χ3n) is 5.87. The van der Waals surface area contributed by atoms with Crippen LogP contribution in [0.5, 0.6) is 5.75 Å². The van der Waals surface area contributed by atoms with Gasteiger partial charge in [-0.05, 0) is 66.3 Å². The second-order valence-corrected chi connectivity index (χ2v) is 8.35. The van der Waals surface area contributed by atoms with Crippen LogP contribution in [0.25, 0.3) is 5.57 Å². The quantitative estimate of drug-likeness (QED) is 0.166. The first-order valence-electron chi connectivity index (χ1n) is 11.6. The Morgan fingerprint density at radius 3 is 2.38 bits per heavy atom. The molecular weight excluding hydrogens is 426 g/mol. The molecule has 0 spiro atoms. The molecule has 0 saturated heterocycles. The lowest BCUT2D eigenvalue weighted by Gasteiger charge is -2.10. The molecule has 0 fully saturated rings. The van der Waals surface area contributed by atoms with E-state index in [9.17, 15) is 10.0 Å². The van der Waals surface area contributed by atoms with Crippen molar-refractivity contribution in [1.29, 1.82) is 0 Å². The number of ether oxygens (including phenoxy) is 2. The third-order valence-corrected chi connectivity index (χ3v) is 5.87. The molecule has 3 aromatic carbocycles. The van der Waals surface area contributed by atoms with E-state index < -0.39 is 5.97 Å². The molecule has 0 radical (unpaired) electrons. The highest BCUT2D eigenvalue weighted by atomic mass is 16.5. The molecule has 0 unspecified atom stereocenters. The maximum absolute atomic E-state index is 13.0. The van der Waals surface area contributed by atoms with E-state index in [1.807, 2.05) is 67.6 Å². The molecule has 1 aliphatic carbocycles. The summed E-state index contributed by atoms with van der Waals surface area (Å²) in [6.07, 6.45) is 1.83. The Balaban J connectivity index is 1.66. The molecule has 0 amide bonds. The van der Waals surface area contributed by atoms with Crippen LogP contribution >= 0.6 is 0 Å². The lowest BCUT2D eigenvalue weighted by molar-refractivity contribution is -0.753. The van der Waals surface area contributed by atoms with Crippen LogP contribution in [0.2, 0.25) is 0 Å². The van der Waals surface area contributed by atoms with Crippen LogP contribution in [-0.2, 0) is 16.0 Å². The van der Waals surface area contributed by atoms with Gasteiger partial charge in [-0.15, -0.1) is 0 Å². The molecule has 1 aliphatic rings. The van der Waals surface area contributed by atoms with Crippen molar-refractivity contribution in [1.82, 2.24) is 0 Å². The molecule has 0 saturated carbocycles. The van der Waals surface area contributed by atoms with Gasteiger partial charge in [0.25, 0.3) is 5.71 Å². The van der Waals surface area contributed by atoms with Crippen molar-refractivity contribution < 1.29 is 24.2 Å². The maximum atomic E-state index is 13.0. The first-order valence-corrected chi connectivity index (χ1v) is 11.6. The Hall–Kier alpha value is -3.86. The molecule has 0 bridgehead atoms. The first kappa shape index (κ1) is 23.3. The fourth-order valence-electron chi connectivity index (χ4n) is 4.28. The number of rotatable bonds is 8. The predicted octanol–water partition coefficient (Wildman–Crippen LogP) is 5.21. The summed E-state index contributed by atoms with van der Waals surface area (Å²) in [5.41, 5.74) is 6.42. The number of fused-ring (bicyclic) bond motifs is 1. The van der Waals surface area contributed by atoms with Crippen LogP contribution in [0.1, 0.15) is 41.2 Å². The number of aryl methyl sites for hydroxylation is 2. The van der Waals surface area contributed by atoms with E-state index in [0.717, 1.165) is 45.4 Å². The van der Waals surface area contributed by atoms with E-state index in [2.05, 4.69) is 12.1 Å². The zero-order valence-corrected chi connectivity index (χ0v) is 19.9. The molecule has 34 heavy (non-hydrogen) atoms. The highest BCUT2D eigenvalue weighted by Gasteiger charge is 2.40. The van der Waals surface area contributed by atoms with Crippen LogP contribution in [0.4, 0.5) is 0 Å². The van der Waals surface area contributed by atoms with Gasteiger partial charge in [0, 0.05) is 5.57 Å². The SMILES string of the molecule is CCOC(=O)C1=C(c2ccc(C)cc2)c2ccc(OCCCc3ccccc3)cc2/C1=[N+](/C)O. The molecule has 0 aliphatic heterocycles. The summed E-state index contributed by atoms with van der Waals surface area (Å²) in [4.78, 5) is 13.0. The van der Waals surface area contributed by atoms with E-state index in [1.165, 1.54) is 12.6 Å². The van der Waals surface area contributed by atoms with Gasteiger partial charge in [0.1, 0.15) is 11.3 Å². The van der Waals surface area contributed by atoms with Crippen LogP contribution in [0.15, 0.2) is 78.4 Å². The van der Waals surface area contributed by atoms with E-state index in [-0.39, 0.29) is 6.61 Å². The third kappa shape index (κ3) is 4.88. The van der Waals surface area contributed by atoms with Gasteiger partial charge in [-0.3, -0.25) is 5.21 Å². The van der Waals surface area contributed by atoms with E-state index in [1.54, 1.807) is 6.92 Å². The van der Waals surface area contributed by atoms with Crippen molar-refractivity contribution in [2.45, 2.75) is 26.7 Å². The standard InChI is InChI=1S/C29H30NO4/c1-4-33-29(31)27-26(22-14-12-20(2)13-15-22)24-17-16-23(19-25(24)28(27)30(3)32)34-18-8-11-21-9-6-5-7-10-21/h5-7,9-10,12-17,19,32H,4,8,11,18H2,1-3H3/q+1/b30-28+. The average molecular weight is 457 g/mol. The summed E-state index contributed by atoms with van der Waals surface area (Å²) in [5, 5.41) is 10.5. The molecule has 5 heteroatoms. The molecular formula is C29H30NO4+. The Morgan fingerprint density at radius 2 is 1.71 bits per heavy atom. The highest BCUT2D eigenvalue weighted by Crippen LogP contribution is 2.40. The number of carbonyl (C=O) groups excluding carboxylic acids is 1. The first-order chi connectivity index (χ1) is 16.5. The summed E-state index contributed by atoms with van der Waals surface area (Å²) in [7, 11) is 1.52. The number of esters is 1. The van der Waals surface area contributed by atoms with Crippen molar-refractivity contribution in [3.05, 3.63) is 106 Å². The van der Waals surface area contributed by atoms with Crippen molar-refractivity contribution >= 4 is 17.3 Å². The number of nitrogens with zero attached hydrogens (tertiary/aromatic N) is 1. The molecule has 1 N–H and O–H groups in total. The molecule has 0 atom stereocenters. The Bertz CT molecular complexity index is 1240. The number of benzene rings is 3. The van der Waals surface area contributed by atoms with E-state index in [4.69, 9.17) is 9.47 Å². The average Bonchev–Trinajstić information content (AvgIpc) is 3.18. The van der Waals surface area contributed by atoms with Gasteiger partial charge in [-0.25, -0.2) is 4.79 Å². The van der Waals surface area contributed by atoms with Gasteiger partial charge >= 0.3 is 5.97 Å². The fraction of sp³-hybridized carbons (Fsp3) is 0.241. The van der Waals surface area contributed by atoms with Gasteiger partial charge in [-0.1, -0.05) is 60.2 Å². The number of carbonyl (C=O) groups is 1. The van der Waals surface area contributed by atoms with Crippen molar-refractivity contribution in [2.75, 3.05) is 20.3 Å².